The summed E-state index contributed by atoms with van der Waals surface area (Å²) < 4.78 is 6.45. The zero-order chi connectivity index (χ0) is 20.2. The number of hydrogen-bond acceptors (Lipinski definition) is 4. The summed E-state index contributed by atoms with van der Waals surface area (Å²) in [5.74, 6) is 0.901. The van der Waals surface area contributed by atoms with Gasteiger partial charge in [-0.3, -0.25) is 10.3 Å². The Balaban J connectivity index is 1.19. The van der Waals surface area contributed by atoms with Crippen molar-refractivity contribution < 1.29 is 9.57 Å². The molecule has 3 aromatic rings. The van der Waals surface area contributed by atoms with Crippen molar-refractivity contribution >= 4 is 5.70 Å². The number of para-hydroxylation sites is 1. The Hall–Kier alpha value is -3.08. The predicted octanol–water partition coefficient (Wildman–Crippen LogP) is 4.79. The lowest BCUT2D eigenvalue weighted by Crippen LogP contribution is -2.25. The van der Waals surface area contributed by atoms with Crippen molar-refractivity contribution in [2.24, 2.45) is 0 Å². The smallest absolute Gasteiger partial charge is 0.162 e. The van der Waals surface area contributed by atoms with E-state index in [1.54, 1.807) is 0 Å². The van der Waals surface area contributed by atoms with Crippen molar-refractivity contribution in [1.82, 2.24) is 10.8 Å². The highest BCUT2D eigenvalue weighted by Crippen LogP contribution is 2.60. The van der Waals surface area contributed by atoms with Gasteiger partial charge in [-0.2, -0.15) is 0 Å². The third-order valence-electron chi connectivity index (χ3n) is 5.72. The largest absolute Gasteiger partial charge is 0.477 e. The summed E-state index contributed by atoms with van der Waals surface area (Å²) in [6.07, 6.45) is 1.82. The van der Waals surface area contributed by atoms with E-state index < -0.39 is 0 Å². The number of fused-ring (bicyclic) bond motifs is 2. The topological polar surface area (TPSA) is 42.5 Å². The van der Waals surface area contributed by atoms with E-state index in [-0.39, 0.29) is 5.60 Å². The molecular weight excluding hydrogens is 372 g/mol. The van der Waals surface area contributed by atoms with Crippen LogP contribution in [-0.2, 0) is 17.0 Å². The first-order valence-corrected chi connectivity index (χ1v) is 10.6. The maximum Gasteiger partial charge on any atom is 0.162 e. The molecule has 1 heterocycles. The molecule has 0 radical (unpaired) electrons. The Morgan fingerprint density at radius 2 is 1.60 bits per heavy atom. The fraction of sp³-hybridized carbons (Fsp3) is 0.231. The Labute approximate surface area is 177 Å². The maximum atomic E-state index is 6.45. The van der Waals surface area contributed by atoms with Crippen molar-refractivity contribution in [1.29, 1.82) is 0 Å². The summed E-state index contributed by atoms with van der Waals surface area (Å²) in [6, 6.07) is 29.1. The van der Waals surface area contributed by atoms with Crippen LogP contribution < -0.4 is 15.5 Å². The second-order valence-electron chi connectivity index (χ2n) is 7.79. The molecule has 0 aromatic heterocycles. The van der Waals surface area contributed by atoms with Gasteiger partial charge in [-0.15, -0.1) is 0 Å². The van der Waals surface area contributed by atoms with Crippen molar-refractivity contribution in [2.45, 2.75) is 25.0 Å². The van der Waals surface area contributed by atoms with Crippen LogP contribution in [-0.4, -0.2) is 13.2 Å². The zero-order valence-electron chi connectivity index (χ0n) is 16.9. The van der Waals surface area contributed by atoms with Gasteiger partial charge in [-0.25, -0.2) is 0 Å². The van der Waals surface area contributed by atoms with Gasteiger partial charge >= 0.3 is 0 Å². The molecule has 1 aliphatic heterocycles. The number of ether oxygens (including phenoxy) is 1. The Kier molecular flexibility index (Phi) is 5.26. The Bertz CT molecular complexity index is 1030. The molecule has 0 saturated heterocycles. The number of hydrogen-bond donors (Lipinski definition) is 2. The quantitative estimate of drug-likeness (QED) is 0.402. The second kappa shape index (κ2) is 8.34. The molecule has 2 aliphatic rings. The van der Waals surface area contributed by atoms with E-state index in [0.29, 0.717) is 6.61 Å². The molecule has 1 fully saturated rings. The first kappa shape index (κ1) is 18.9. The number of benzene rings is 3. The van der Waals surface area contributed by atoms with Gasteiger partial charge in [0.15, 0.2) is 5.60 Å². The minimum atomic E-state index is -0.349. The lowest BCUT2D eigenvalue weighted by Gasteiger charge is -2.26. The molecule has 0 spiro atoms. The number of hydroxylamine groups is 1. The first-order chi connectivity index (χ1) is 14.9. The average molecular weight is 399 g/mol. The van der Waals surface area contributed by atoms with E-state index in [1.807, 2.05) is 30.3 Å². The maximum absolute atomic E-state index is 6.45. The normalized spacial score (nSPS) is 18.9. The fourth-order valence-corrected chi connectivity index (χ4v) is 4.09. The summed E-state index contributed by atoms with van der Waals surface area (Å²) in [4.78, 5) is 5.86. The zero-order valence-corrected chi connectivity index (χ0v) is 16.9. The van der Waals surface area contributed by atoms with Crippen molar-refractivity contribution in [3.63, 3.8) is 0 Å². The summed E-state index contributed by atoms with van der Waals surface area (Å²) in [6.45, 7) is 2.43. The minimum Gasteiger partial charge on any atom is -0.477 e. The van der Waals surface area contributed by atoms with Crippen LogP contribution >= 0.6 is 0 Å². The average Bonchev–Trinajstić information content (AvgIpc) is 3.54. The van der Waals surface area contributed by atoms with Gasteiger partial charge < -0.3 is 10.1 Å². The van der Waals surface area contributed by atoms with E-state index in [4.69, 9.17) is 9.57 Å². The number of nitrogens with one attached hydrogen (secondary N) is 2. The van der Waals surface area contributed by atoms with E-state index in [0.717, 1.165) is 42.9 Å². The monoisotopic (exact) mass is 398 g/mol. The van der Waals surface area contributed by atoms with Crippen LogP contribution in [0.15, 0.2) is 90.5 Å². The number of rotatable bonds is 9. The van der Waals surface area contributed by atoms with Crippen LogP contribution in [0.3, 0.4) is 0 Å². The SMILES string of the molecule is c1ccc(CNCCCONC2=C3CC3(c3ccccc3)Oc3ccccc32)cc1. The molecule has 1 aliphatic carbocycles. The van der Waals surface area contributed by atoms with E-state index >= 15 is 0 Å². The summed E-state index contributed by atoms with van der Waals surface area (Å²) in [5.41, 5.74) is 8.77. The van der Waals surface area contributed by atoms with Gasteiger partial charge in [0, 0.05) is 29.7 Å². The molecule has 1 unspecified atom stereocenters. The summed E-state index contributed by atoms with van der Waals surface area (Å²) in [5, 5.41) is 3.46. The third-order valence-corrected chi connectivity index (χ3v) is 5.72. The van der Waals surface area contributed by atoms with Crippen LogP contribution in [0.4, 0.5) is 0 Å². The Morgan fingerprint density at radius 1 is 0.867 bits per heavy atom. The molecule has 2 N–H and O–H groups in total. The second-order valence-corrected chi connectivity index (χ2v) is 7.79. The molecule has 1 saturated carbocycles. The molecule has 4 nitrogen and oxygen atoms in total. The highest BCUT2D eigenvalue weighted by molar-refractivity contribution is 5.80. The molecule has 0 amide bonds. The molecular formula is C26H26N2O2. The van der Waals surface area contributed by atoms with Gasteiger partial charge in [0.25, 0.3) is 0 Å². The predicted molar refractivity (Wildman–Crippen MR) is 119 cm³/mol. The van der Waals surface area contributed by atoms with Crippen molar-refractivity contribution in [3.05, 3.63) is 107 Å². The van der Waals surface area contributed by atoms with Crippen LogP contribution in [0.1, 0.15) is 29.5 Å². The standard InChI is InChI=1S/C26H26N2O2/c1-3-10-20(11-4-1)19-27-16-9-17-29-28-25-22-14-7-8-15-24(22)30-26(18-23(25)26)21-12-5-2-6-13-21/h1-8,10-15,27-28H,9,16-19H2. The lowest BCUT2D eigenvalue weighted by molar-refractivity contribution is 0.0745. The Morgan fingerprint density at radius 3 is 2.43 bits per heavy atom. The van der Waals surface area contributed by atoms with E-state index in [2.05, 4.69) is 65.4 Å². The third kappa shape index (κ3) is 3.72. The molecule has 30 heavy (non-hydrogen) atoms. The van der Waals surface area contributed by atoms with E-state index in [1.165, 1.54) is 16.7 Å². The van der Waals surface area contributed by atoms with Crippen LogP contribution in [0.5, 0.6) is 5.75 Å². The van der Waals surface area contributed by atoms with Gasteiger partial charge in [0.2, 0.25) is 0 Å². The van der Waals surface area contributed by atoms with Crippen LogP contribution in [0.25, 0.3) is 5.70 Å². The van der Waals surface area contributed by atoms with Crippen molar-refractivity contribution in [2.75, 3.05) is 13.2 Å². The van der Waals surface area contributed by atoms with Crippen molar-refractivity contribution in [3.8, 4) is 5.75 Å². The van der Waals surface area contributed by atoms with E-state index in [9.17, 15) is 0 Å². The molecule has 5 rings (SSSR count). The molecule has 152 valence electrons. The summed E-state index contributed by atoms with van der Waals surface area (Å²) >= 11 is 0. The molecule has 1 atom stereocenters. The summed E-state index contributed by atoms with van der Waals surface area (Å²) in [7, 11) is 0. The van der Waals surface area contributed by atoms with Gasteiger partial charge in [0.1, 0.15) is 5.75 Å². The highest BCUT2D eigenvalue weighted by atomic mass is 16.6. The molecule has 4 heteroatoms. The highest BCUT2D eigenvalue weighted by Gasteiger charge is 2.58. The van der Waals surface area contributed by atoms with Crippen LogP contribution in [0.2, 0.25) is 0 Å². The van der Waals surface area contributed by atoms with Crippen LogP contribution in [0, 0.1) is 0 Å². The van der Waals surface area contributed by atoms with Gasteiger partial charge in [-0.1, -0.05) is 72.8 Å². The minimum absolute atomic E-state index is 0.349. The molecule has 3 aromatic carbocycles. The fourth-order valence-electron chi connectivity index (χ4n) is 4.09. The van der Waals surface area contributed by atoms with Gasteiger partial charge in [0.05, 0.1) is 12.3 Å². The molecule has 0 bridgehead atoms. The lowest BCUT2D eigenvalue weighted by atomic mass is 10.0. The first-order valence-electron chi connectivity index (χ1n) is 10.6. The van der Waals surface area contributed by atoms with Gasteiger partial charge in [-0.05, 0) is 30.7 Å².